The van der Waals surface area contributed by atoms with Gasteiger partial charge in [0, 0.05) is 30.9 Å². The van der Waals surface area contributed by atoms with E-state index in [1.807, 2.05) is 10.8 Å². The second-order valence-electron chi connectivity index (χ2n) is 2.56. The van der Waals surface area contributed by atoms with Crippen molar-refractivity contribution in [3.05, 3.63) is 24.0 Å². The van der Waals surface area contributed by atoms with Crippen molar-refractivity contribution in [1.29, 1.82) is 5.26 Å². The zero-order valence-electron chi connectivity index (χ0n) is 6.73. The van der Waals surface area contributed by atoms with Crippen LogP contribution in [0.4, 0.5) is 0 Å². The molecule has 0 saturated heterocycles. The minimum absolute atomic E-state index is 0.564. The van der Waals surface area contributed by atoms with E-state index < -0.39 is 0 Å². The summed E-state index contributed by atoms with van der Waals surface area (Å²) in [6, 6.07) is 3.84. The fraction of sp³-hybridized carbons (Fsp3) is 0.333. The molecule has 0 aliphatic carbocycles. The number of hydrogen-bond acceptors (Lipinski definition) is 2. The first-order chi connectivity index (χ1) is 5.86. The number of nitriles is 1. The van der Waals surface area contributed by atoms with Gasteiger partial charge in [-0.05, 0) is 12.5 Å². The van der Waals surface area contributed by atoms with Crippen LogP contribution < -0.4 is 0 Å². The normalized spacial score (nSPS) is 9.25. The second kappa shape index (κ2) is 4.35. The summed E-state index contributed by atoms with van der Waals surface area (Å²) in [6.45, 7) is 0.807. The molecule has 0 aliphatic rings. The smallest absolute Gasteiger partial charge is 0.151 e. The third-order valence-corrected chi connectivity index (χ3v) is 1.61. The van der Waals surface area contributed by atoms with Gasteiger partial charge in [0.05, 0.1) is 6.07 Å². The highest BCUT2D eigenvalue weighted by molar-refractivity contribution is 5.74. The molecule has 0 N–H and O–H groups in total. The predicted molar refractivity (Wildman–Crippen MR) is 44.7 cm³/mol. The van der Waals surface area contributed by atoms with Crippen LogP contribution in [0.5, 0.6) is 0 Å². The molecule has 3 nitrogen and oxygen atoms in total. The lowest BCUT2D eigenvalue weighted by atomic mass is 10.3. The second-order valence-corrected chi connectivity index (χ2v) is 2.56. The molecule has 0 spiro atoms. The first kappa shape index (κ1) is 8.54. The monoisotopic (exact) mass is 162 g/mol. The van der Waals surface area contributed by atoms with Gasteiger partial charge >= 0.3 is 0 Å². The molecule has 0 radical (unpaired) electrons. The van der Waals surface area contributed by atoms with Crippen molar-refractivity contribution in [2.24, 2.45) is 0 Å². The first-order valence-electron chi connectivity index (χ1n) is 3.84. The van der Waals surface area contributed by atoms with E-state index in [2.05, 4.69) is 6.07 Å². The Balaban J connectivity index is 2.42. The number of carbonyl (C=O) groups excluding carboxylic acids is 1. The maximum absolute atomic E-state index is 10.3. The molecule has 0 saturated carbocycles. The Bertz CT molecular complexity index is 296. The standard InChI is InChI=1S/C9H10N2O/c10-4-1-2-5-11-6-3-9(7-11)8-12/h3,6-8H,1-2,5H2. The van der Waals surface area contributed by atoms with Crippen LogP contribution in [0.3, 0.4) is 0 Å². The van der Waals surface area contributed by atoms with E-state index in [1.165, 1.54) is 0 Å². The topological polar surface area (TPSA) is 45.8 Å². The number of carbonyl (C=O) groups is 1. The Hall–Kier alpha value is -1.56. The van der Waals surface area contributed by atoms with E-state index in [9.17, 15) is 4.79 Å². The molecule has 1 aromatic heterocycles. The molecule has 0 unspecified atom stereocenters. The van der Waals surface area contributed by atoms with Crippen molar-refractivity contribution in [1.82, 2.24) is 4.57 Å². The first-order valence-corrected chi connectivity index (χ1v) is 3.84. The van der Waals surface area contributed by atoms with Crippen LogP contribution in [0, 0.1) is 11.3 Å². The summed E-state index contributed by atoms with van der Waals surface area (Å²) in [6.07, 6.45) is 5.85. The molecule has 1 heterocycles. The van der Waals surface area contributed by atoms with Crippen molar-refractivity contribution in [2.75, 3.05) is 0 Å². The van der Waals surface area contributed by atoms with Crippen molar-refractivity contribution in [3.8, 4) is 6.07 Å². The summed E-state index contributed by atoms with van der Waals surface area (Å²) in [5.41, 5.74) is 0.687. The fourth-order valence-corrected chi connectivity index (χ4v) is 1.01. The molecular weight excluding hydrogens is 152 g/mol. The molecule has 1 rings (SSSR count). The number of unbranched alkanes of at least 4 members (excludes halogenated alkanes) is 1. The molecule has 0 fully saturated rings. The molecule has 0 amide bonds. The quantitative estimate of drug-likeness (QED) is 0.498. The molecule has 0 atom stereocenters. The van der Waals surface area contributed by atoms with Gasteiger partial charge in [-0.2, -0.15) is 5.26 Å². The summed E-state index contributed by atoms with van der Waals surface area (Å²) >= 11 is 0. The number of aldehydes is 1. The zero-order valence-corrected chi connectivity index (χ0v) is 6.73. The van der Waals surface area contributed by atoms with Crippen molar-refractivity contribution in [3.63, 3.8) is 0 Å². The zero-order chi connectivity index (χ0) is 8.81. The average Bonchev–Trinajstić information content (AvgIpc) is 2.53. The van der Waals surface area contributed by atoms with Gasteiger partial charge in [-0.1, -0.05) is 0 Å². The third-order valence-electron chi connectivity index (χ3n) is 1.61. The van der Waals surface area contributed by atoms with Crippen LogP contribution in [0.1, 0.15) is 23.2 Å². The highest BCUT2D eigenvalue weighted by atomic mass is 16.1. The van der Waals surface area contributed by atoms with Gasteiger partial charge in [0.1, 0.15) is 0 Å². The number of rotatable bonds is 4. The number of aromatic nitrogens is 1. The minimum Gasteiger partial charge on any atom is -0.353 e. The lowest BCUT2D eigenvalue weighted by Gasteiger charge is -1.97. The summed E-state index contributed by atoms with van der Waals surface area (Å²) in [4.78, 5) is 10.3. The van der Waals surface area contributed by atoms with Crippen LogP contribution in [0.2, 0.25) is 0 Å². The maximum Gasteiger partial charge on any atom is 0.151 e. The maximum atomic E-state index is 10.3. The summed E-state index contributed by atoms with van der Waals surface area (Å²) in [5, 5.41) is 8.28. The molecule has 3 heteroatoms. The lowest BCUT2D eigenvalue weighted by Crippen LogP contribution is -1.93. The van der Waals surface area contributed by atoms with Crippen LogP contribution in [-0.2, 0) is 6.54 Å². The van der Waals surface area contributed by atoms with Gasteiger partial charge in [-0.25, -0.2) is 0 Å². The number of aryl methyl sites for hydroxylation is 1. The Labute approximate surface area is 71.2 Å². The molecule has 0 aromatic carbocycles. The lowest BCUT2D eigenvalue weighted by molar-refractivity contribution is 0.112. The van der Waals surface area contributed by atoms with Crippen molar-refractivity contribution in [2.45, 2.75) is 19.4 Å². The van der Waals surface area contributed by atoms with E-state index >= 15 is 0 Å². The Morgan fingerprint density at radius 1 is 1.67 bits per heavy atom. The van der Waals surface area contributed by atoms with E-state index in [0.29, 0.717) is 12.0 Å². The summed E-state index contributed by atoms with van der Waals surface area (Å²) < 4.78 is 1.92. The van der Waals surface area contributed by atoms with Gasteiger partial charge in [0.25, 0.3) is 0 Å². The van der Waals surface area contributed by atoms with Crippen LogP contribution in [0.15, 0.2) is 18.5 Å². The molecule has 12 heavy (non-hydrogen) atoms. The van der Waals surface area contributed by atoms with Crippen LogP contribution in [-0.4, -0.2) is 10.9 Å². The van der Waals surface area contributed by atoms with Crippen molar-refractivity contribution >= 4 is 6.29 Å². The number of hydrogen-bond donors (Lipinski definition) is 0. The average molecular weight is 162 g/mol. The van der Waals surface area contributed by atoms with E-state index in [1.54, 1.807) is 12.3 Å². The van der Waals surface area contributed by atoms with E-state index in [0.717, 1.165) is 19.3 Å². The van der Waals surface area contributed by atoms with Gasteiger partial charge < -0.3 is 4.57 Å². The predicted octanol–water partition coefficient (Wildman–Crippen LogP) is 1.60. The SMILES string of the molecule is N#CCCCn1ccc(C=O)c1. The largest absolute Gasteiger partial charge is 0.353 e. The van der Waals surface area contributed by atoms with Crippen LogP contribution >= 0.6 is 0 Å². The Morgan fingerprint density at radius 3 is 3.08 bits per heavy atom. The molecule has 0 bridgehead atoms. The number of nitrogens with zero attached hydrogens (tertiary/aromatic N) is 2. The minimum atomic E-state index is 0.564. The highest BCUT2D eigenvalue weighted by Gasteiger charge is 1.93. The van der Waals surface area contributed by atoms with Gasteiger partial charge in [0.2, 0.25) is 0 Å². The van der Waals surface area contributed by atoms with Gasteiger partial charge in [0.15, 0.2) is 6.29 Å². The van der Waals surface area contributed by atoms with E-state index in [-0.39, 0.29) is 0 Å². The Kier molecular flexibility index (Phi) is 3.09. The fourth-order valence-electron chi connectivity index (χ4n) is 1.01. The third kappa shape index (κ3) is 2.24. The summed E-state index contributed by atoms with van der Waals surface area (Å²) in [5.74, 6) is 0. The summed E-state index contributed by atoms with van der Waals surface area (Å²) in [7, 11) is 0. The van der Waals surface area contributed by atoms with E-state index in [4.69, 9.17) is 5.26 Å². The van der Waals surface area contributed by atoms with Crippen LogP contribution in [0.25, 0.3) is 0 Å². The molecule has 62 valence electrons. The molecule has 0 aliphatic heterocycles. The molecule has 1 aromatic rings. The van der Waals surface area contributed by atoms with Crippen molar-refractivity contribution < 1.29 is 4.79 Å². The van der Waals surface area contributed by atoms with Gasteiger partial charge in [-0.3, -0.25) is 4.79 Å². The molecular formula is C9H10N2O. The van der Waals surface area contributed by atoms with Gasteiger partial charge in [-0.15, -0.1) is 0 Å². The Morgan fingerprint density at radius 2 is 2.50 bits per heavy atom. The highest BCUT2D eigenvalue weighted by Crippen LogP contribution is 2.00.